The van der Waals surface area contributed by atoms with E-state index >= 15 is 0 Å². The van der Waals surface area contributed by atoms with Crippen LogP contribution in [0.4, 0.5) is 5.69 Å². The van der Waals surface area contributed by atoms with Crippen molar-refractivity contribution in [3.8, 4) is 5.75 Å². The van der Waals surface area contributed by atoms with Crippen molar-refractivity contribution in [1.29, 1.82) is 0 Å². The van der Waals surface area contributed by atoms with Crippen molar-refractivity contribution in [3.63, 3.8) is 0 Å². The molecule has 166 valence electrons. The van der Waals surface area contributed by atoms with Gasteiger partial charge in [0.1, 0.15) is 11.8 Å². The Labute approximate surface area is 188 Å². The predicted molar refractivity (Wildman–Crippen MR) is 124 cm³/mol. The van der Waals surface area contributed by atoms with Crippen LogP contribution in [-0.2, 0) is 34.2 Å². The van der Waals surface area contributed by atoms with E-state index in [4.69, 9.17) is 4.74 Å². The zero-order valence-electron chi connectivity index (χ0n) is 18.1. The molecule has 0 spiro atoms. The Bertz CT molecular complexity index is 1220. The lowest BCUT2D eigenvalue weighted by Gasteiger charge is -2.35. The van der Waals surface area contributed by atoms with Crippen LogP contribution in [0.25, 0.3) is 0 Å². The number of amides is 1. The lowest BCUT2D eigenvalue weighted by Crippen LogP contribution is -2.50. The van der Waals surface area contributed by atoms with Crippen LogP contribution < -0.4 is 10.1 Å². The van der Waals surface area contributed by atoms with Gasteiger partial charge < -0.3 is 10.1 Å². The number of sulfonamides is 1. The van der Waals surface area contributed by atoms with Crippen LogP contribution in [0.5, 0.6) is 5.75 Å². The summed E-state index contributed by atoms with van der Waals surface area (Å²) in [5, 5.41) is 2.92. The van der Waals surface area contributed by atoms with E-state index in [1.54, 1.807) is 12.1 Å². The van der Waals surface area contributed by atoms with Crippen molar-refractivity contribution in [3.05, 3.63) is 89.5 Å². The molecule has 0 aromatic heterocycles. The normalized spacial score (nSPS) is 16.2. The molecule has 3 aromatic carbocycles. The number of hydrogen-bond acceptors (Lipinski definition) is 4. The van der Waals surface area contributed by atoms with Gasteiger partial charge in [0.2, 0.25) is 15.9 Å². The molecule has 0 aliphatic carbocycles. The van der Waals surface area contributed by atoms with Crippen molar-refractivity contribution in [1.82, 2.24) is 4.31 Å². The Morgan fingerprint density at radius 1 is 1.03 bits per heavy atom. The highest BCUT2D eigenvalue weighted by atomic mass is 32.2. The molecule has 7 heteroatoms. The molecule has 1 amide bonds. The molecule has 1 unspecified atom stereocenters. The zero-order valence-corrected chi connectivity index (χ0v) is 18.9. The van der Waals surface area contributed by atoms with Crippen LogP contribution in [0.3, 0.4) is 0 Å². The van der Waals surface area contributed by atoms with Gasteiger partial charge in [-0.2, -0.15) is 4.31 Å². The molecule has 0 fully saturated rings. The number of ether oxygens (including phenoxy) is 1. The summed E-state index contributed by atoms with van der Waals surface area (Å²) in [6.45, 7) is 2.18. The summed E-state index contributed by atoms with van der Waals surface area (Å²) in [6.07, 6.45) is 1.16. The monoisotopic (exact) mass is 450 g/mol. The first-order valence-electron chi connectivity index (χ1n) is 10.5. The summed E-state index contributed by atoms with van der Waals surface area (Å²) in [5.41, 5.74) is 3.65. The van der Waals surface area contributed by atoms with E-state index in [0.29, 0.717) is 17.9 Å². The summed E-state index contributed by atoms with van der Waals surface area (Å²) in [4.78, 5) is 13.5. The first-order valence-corrected chi connectivity index (χ1v) is 12.0. The van der Waals surface area contributed by atoms with Crippen molar-refractivity contribution in [2.24, 2.45) is 0 Å². The first kappa shape index (κ1) is 22.0. The molecule has 1 N–H and O–H groups in total. The van der Waals surface area contributed by atoms with Crippen molar-refractivity contribution < 1.29 is 17.9 Å². The number of carbonyl (C=O) groups excluding carboxylic acids is 1. The largest absolute Gasteiger partial charge is 0.497 e. The van der Waals surface area contributed by atoms with Gasteiger partial charge in [0.25, 0.3) is 0 Å². The third kappa shape index (κ3) is 4.40. The number of nitrogens with zero attached hydrogens (tertiary/aromatic N) is 1. The molecule has 1 aliphatic rings. The van der Waals surface area contributed by atoms with E-state index in [2.05, 4.69) is 5.32 Å². The minimum absolute atomic E-state index is 0.128. The average Bonchev–Trinajstić information content (AvgIpc) is 2.83. The first-order chi connectivity index (χ1) is 15.4. The fraction of sp³-hybridized carbons (Fsp3) is 0.240. The lowest BCUT2D eigenvalue weighted by atomic mass is 9.95. The Morgan fingerprint density at radius 3 is 2.44 bits per heavy atom. The van der Waals surface area contributed by atoms with Crippen LogP contribution in [0.15, 0.2) is 77.7 Å². The Kier molecular flexibility index (Phi) is 6.30. The van der Waals surface area contributed by atoms with Gasteiger partial charge in [-0.3, -0.25) is 4.79 Å². The quantitative estimate of drug-likeness (QED) is 0.616. The number of methoxy groups -OCH3 is 1. The van der Waals surface area contributed by atoms with Gasteiger partial charge in [0, 0.05) is 12.2 Å². The number of anilines is 1. The molecule has 3 aromatic rings. The average molecular weight is 451 g/mol. The third-order valence-corrected chi connectivity index (χ3v) is 7.65. The fourth-order valence-electron chi connectivity index (χ4n) is 3.95. The van der Waals surface area contributed by atoms with Crippen molar-refractivity contribution in [2.45, 2.75) is 37.2 Å². The van der Waals surface area contributed by atoms with Crippen LogP contribution in [0, 0.1) is 0 Å². The topological polar surface area (TPSA) is 75.7 Å². The number of hydrogen-bond donors (Lipinski definition) is 1. The maximum atomic E-state index is 13.6. The van der Waals surface area contributed by atoms with E-state index in [-0.39, 0.29) is 17.3 Å². The third-order valence-electron chi connectivity index (χ3n) is 5.78. The Balaban J connectivity index is 1.69. The second kappa shape index (κ2) is 9.14. The molecular formula is C25H26N2O4S. The van der Waals surface area contributed by atoms with Crippen LogP contribution >= 0.6 is 0 Å². The highest BCUT2D eigenvalue weighted by molar-refractivity contribution is 7.89. The van der Waals surface area contributed by atoms with Gasteiger partial charge in [-0.05, 0) is 65.9 Å². The molecule has 0 radical (unpaired) electrons. The Morgan fingerprint density at radius 2 is 1.75 bits per heavy atom. The molecule has 0 saturated heterocycles. The molecule has 6 nitrogen and oxygen atoms in total. The van der Waals surface area contributed by atoms with Crippen LogP contribution in [0.1, 0.15) is 23.6 Å². The Hall–Kier alpha value is -3.16. The number of aryl methyl sites for hydroxylation is 1. The van der Waals surface area contributed by atoms with Gasteiger partial charge in [-0.15, -0.1) is 0 Å². The molecule has 1 heterocycles. The number of nitrogens with one attached hydrogen (secondary N) is 1. The van der Waals surface area contributed by atoms with E-state index in [0.717, 1.165) is 23.1 Å². The lowest BCUT2D eigenvalue weighted by molar-refractivity contribution is -0.120. The maximum absolute atomic E-state index is 13.6. The SMILES string of the molecule is CCc1cccc(NC(=O)C2Cc3ccccc3CN2S(=O)(=O)c2ccc(OC)cc2)c1. The number of carbonyl (C=O) groups is 1. The minimum atomic E-state index is -3.91. The predicted octanol–water partition coefficient (Wildman–Crippen LogP) is 4.01. The zero-order chi connectivity index (χ0) is 22.7. The van der Waals surface area contributed by atoms with Crippen molar-refractivity contribution in [2.75, 3.05) is 12.4 Å². The fourth-order valence-corrected chi connectivity index (χ4v) is 5.52. The molecule has 1 atom stereocenters. The smallest absolute Gasteiger partial charge is 0.244 e. The second-order valence-corrected chi connectivity index (χ2v) is 9.65. The van der Waals surface area contributed by atoms with Crippen LogP contribution in [-0.4, -0.2) is 31.8 Å². The molecule has 0 bridgehead atoms. The summed E-state index contributed by atoms with van der Waals surface area (Å²) < 4.78 is 33.6. The number of rotatable bonds is 6. The molecule has 1 aliphatic heterocycles. The molecule has 4 rings (SSSR count). The summed E-state index contributed by atoms with van der Waals surface area (Å²) in [5.74, 6) is 0.225. The summed E-state index contributed by atoms with van der Waals surface area (Å²) in [6, 6.07) is 20.6. The van der Waals surface area contributed by atoms with Gasteiger partial charge in [0.05, 0.1) is 12.0 Å². The molecule has 0 saturated carbocycles. The van der Waals surface area contributed by atoms with E-state index in [9.17, 15) is 13.2 Å². The van der Waals surface area contributed by atoms with Gasteiger partial charge in [0.15, 0.2) is 0 Å². The summed E-state index contributed by atoms with van der Waals surface area (Å²) in [7, 11) is -2.39. The number of fused-ring (bicyclic) bond motifs is 1. The van der Waals surface area contributed by atoms with Crippen molar-refractivity contribution >= 4 is 21.6 Å². The molecular weight excluding hydrogens is 424 g/mol. The van der Waals surface area contributed by atoms with E-state index < -0.39 is 16.1 Å². The molecule has 32 heavy (non-hydrogen) atoms. The van der Waals surface area contributed by atoms with E-state index in [1.165, 1.54) is 23.5 Å². The van der Waals surface area contributed by atoms with Gasteiger partial charge in [-0.1, -0.05) is 43.3 Å². The summed E-state index contributed by atoms with van der Waals surface area (Å²) >= 11 is 0. The minimum Gasteiger partial charge on any atom is -0.497 e. The number of benzene rings is 3. The van der Waals surface area contributed by atoms with Gasteiger partial charge >= 0.3 is 0 Å². The van der Waals surface area contributed by atoms with E-state index in [1.807, 2.05) is 55.5 Å². The maximum Gasteiger partial charge on any atom is 0.244 e. The van der Waals surface area contributed by atoms with Crippen LogP contribution in [0.2, 0.25) is 0 Å². The highest BCUT2D eigenvalue weighted by Gasteiger charge is 2.39. The second-order valence-electron chi connectivity index (χ2n) is 7.76. The highest BCUT2D eigenvalue weighted by Crippen LogP contribution is 2.30. The standard InChI is InChI=1S/C25H26N2O4S/c1-3-18-7-6-10-21(15-18)26-25(28)24-16-19-8-4-5-9-20(19)17-27(24)32(29,30)23-13-11-22(31-2)12-14-23/h4-15,24H,3,16-17H2,1-2H3,(H,26,28). The van der Waals surface area contributed by atoms with Gasteiger partial charge in [-0.25, -0.2) is 8.42 Å².